The van der Waals surface area contributed by atoms with Crippen LogP contribution in [0.1, 0.15) is 54.5 Å². The fourth-order valence-electron chi connectivity index (χ4n) is 2.46. The molecule has 0 saturated carbocycles. The van der Waals surface area contributed by atoms with Gasteiger partial charge in [-0.2, -0.15) is 0 Å². The molecule has 1 aromatic rings. The number of carbonyl (C=O) groups excluding carboxylic acids is 2. The van der Waals surface area contributed by atoms with E-state index in [0.717, 1.165) is 19.3 Å². The number of methoxy groups -OCH3 is 1. The van der Waals surface area contributed by atoms with E-state index < -0.39 is 0 Å². The lowest BCUT2D eigenvalue weighted by Gasteiger charge is -2.22. The minimum Gasteiger partial charge on any atom is -0.466 e. The van der Waals surface area contributed by atoms with Crippen LogP contribution in [0.3, 0.4) is 0 Å². The van der Waals surface area contributed by atoms with E-state index in [2.05, 4.69) is 12.2 Å². The summed E-state index contributed by atoms with van der Waals surface area (Å²) in [5, 5.41) is 2.88. The molecule has 136 valence electrons. The molecule has 6 nitrogen and oxygen atoms in total. The molecular weight excluding hydrogens is 308 g/mol. The fraction of sp³-hybridized carbons (Fsp3) is 0.667. The van der Waals surface area contributed by atoms with Crippen molar-refractivity contribution in [1.82, 2.24) is 10.2 Å². The summed E-state index contributed by atoms with van der Waals surface area (Å²) in [4.78, 5) is 26.3. The highest BCUT2D eigenvalue weighted by molar-refractivity contribution is 5.95. The third-order valence-corrected chi connectivity index (χ3v) is 3.80. The van der Waals surface area contributed by atoms with Crippen LogP contribution in [-0.4, -0.2) is 50.1 Å². The van der Waals surface area contributed by atoms with Gasteiger partial charge in [0.1, 0.15) is 11.5 Å². The molecule has 0 aromatic carbocycles. The van der Waals surface area contributed by atoms with E-state index in [0.29, 0.717) is 49.7 Å². The Morgan fingerprint density at radius 2 is 2.00 bits per heavy atom. The van der Waals surface area contributed by atoms with Gasteiger partial charge in [-0.25, -0.2) is 0 Å². The molecule has 2 amide bonds. The molecule has 1 rings (SSSR count). The highest BCUT2D eigenvalue weighted by Gasteiger charge is 2.20. The molecule has 1 aromatic heterocycles. The first-order valence-electron chi connectivity index (χ1n) is 8.61. The maximum Gasteiger partial charge on any atom is 0.257 e. The van der Waals surface area contributed by atoms with Crippen molar-refractivity contribution in [3.63, 3.8) is 0 Å². The second-order valence-electron chi connectivity index (χ2n) is 5.92. The maximum atomic E-state index is 12.7. The predicted molar refractivity (Wildman–Crippen MR) is 93.1 cm³/mol. The lowest BCUT2D eigenvalue weighted by Crippen LogP contribution is -2.36. The van der Waals surface area contributed by atoms with Gasteiger partial charge in [0.15, 0.2) is 0 Å². The van der Waals surface area contributed by atoms with Gasteiger partial charge in [0, 0.05) is 39.8 Å². The zero-order chi connectivity index (χ0) is 17.9. The van der Waals surface area contributed by atoms with Crippen molar-refractivity contribution >= 4 is 11.8 Å². The minimum atomic E-state index is -0.0955. The van der Waals surface area contributed by atoms with Crippen LogP contribution in [0.2, 0.25) is 0 Å². The highest BCUT2D eigenvalue weighted by Crippen LogP contribution is 2.16. The monoisotopic (exact) mass is 338 g/mol. The first-order chi connectivity index (χ1) is 11.5. The highest BCUT2D eigenvalue weighted by atomic mass is 16.5. The van der Waals surface area contributed by atoms with E-state index in [1.807, 2.05) is 6.92 Å². The number of rotatable bonds is 11. The van der Waals surface area contributed by atoms with Crippen LogP contribution in [0.5, 0.6) is 0 Å². The standard InChI is InChI=1S/C18H30N2O4/c1-5-6-9-19-17(21)8-11-20(10-7-12-23-4)18(22)16-13-14(2)24-15(16)3/h13H,5-12H2,1-4H3,(H,19,21). The van der Waals surface area contributed by atoms with Crippen molar-refractivity contribution in [3.05, 3.63) is 23.2 Å². The van der Waals surface area contributed by atoms with E-state index in [1.165, 1.54) is 0 Å². The molecule has 0 bridgehead atoms. The number of hydrogen-bond acceptors (Lipinski definition) is 4. The van der Waals surface area contributed by atoms with Crippen molar-refractivity contribution in [2.45, 2.75) is 46.5 Å². The van der Waals surface area contributed by atoms with Gasteiger partial charge in [-0.3, -0.25) is 9.59 Å². The van der Waals surface area contributed by atoms with Crippen LogP contribution < -0.4 is 5.32 Å². The summed E-state index contributed by atoms with van der Waals surface area (Å²) in [7, 11) is 1.64. The fourth-order valence-corrected chi connectivity index (χ4v) is 2.46. The van der Waals surface area contributed by atoms with Crippen molar-refractivity contribution in [3.8, 4) is 0 Å². The minimum absolute atomic E-state index is 0.0203. The third-order valence-electron chi connectivity index (χ3n) is 3.80. The number of carbonyl (C=O) groups is 2. The number of amides is 2. The van der Waals surface area contributed by atoms with Crippen LogP contribution in [0.25, 0.3) is 0 Å². The largest absolute Gasteiger partial charge is 0.466 e. The third kappa shape index (κ3) is 6.74. The lowest BCUT2D eigenvalue weighted by molar-refractivity contribution is -0.121. The van der Waals surface area contributed by atoms with Crippen molar-refractivity contribution in [2.75, 3.05) is 33.4 Å². The molecule has 6 heteroatoms. The molecule has 0 aliphatic rings. The van der Waals surface area contributed by atoms with Gasteiger partial charge in [0.05, 0.1) is 5.56 Å². The Hall–Kier alpha value is -1.82. The predicted octanol–water partition coefficient (Wildman–Crippen LogP) is 2.68. The average molecular weight is 338 g/mol. The Morgan fingerprint density at radius 3 is 2.58 bits per heavy atom. The summed E-state index contributed by atoms with van der Waals surface area (Å²) in [5.41, 5.74) is 0.566. The van der Waals surface area contributed by atoms with Gasteiger partial charge in [-0.15, -0.1) is 0 Å². The molecule has 0 aliphatic heterocycles. The van der Waals surface area contributed by atoms with Gasteiger partial charge in [0.25, 0.3) is 5.91 Å². The number of hydrogen-bond donors (Lipinski definition) is 1. The number of furan rings is 1. The van der Waals surface area contributed by atoms with Crippen LogP contribution in [0.15, 0.2) is 10.5 Å². The smallest absolute Gasteiger partial charge is 0.257 e. The molecule has 1 heterocycles. The van der Waals surface area contributed by atoms with E-state index in [9.17, 15) is 9.59 Å². The van der Waals surface area contributed by atoms with E-state index >= 15 is 0 Å². The Labute approximate surface area is 144 Å². The number of nitrogens with zero attached hydrogens (tertiary/aromatic N) is 1. The van der Waals surface area contributed by atoms with Crippen molar-refractivity contribution in [1.29, 1.82) is 0 Å². The molecular formula is C18H30N2O4. The van der Waals surface area contributed by atoms with Crippen molar-refractivity contribution in [2.24, 2.45) is 0 Å². The molecule has 0 aliphatic carbocycles. The molecule has 1 N–H and O–H groups in total. The van der Waals surface area contributed by atoms with E-state index in [1.54, 1.807) is 25.0 Å². The quantitative estimate of drug-likeness (QED) is 0.630. The van der Waals surface area contributed by atoms with Gasteiger partial charge in [0.2, 0.25) is 5.91 Å². The van der Waals surface area contributed by atoms with Gasteiger partial charge in [-0.1, -0.05) is 13.3 Å². The van der Waals surface area contributed by atoms with Crippen LogP contribution in [0.4, 0.5) is 0 Å². The first kappa shape index (κ1) is 20.2. The molecule has 0 spiro atoms. The van der Waals surface area contributed by atoms with Gasteiger partial charge < -0.3 is 19.4 Å². The van der Waals surface area contributed by atoms with Crippen LogP contribution >= 0.6 is 0 Å². The maximum absolute atomic E-state index is 12.7. The Balaban J connectivity index is 2.64. The molecule has 0 atom stereocenters. The number of aryl methyl sites for hydroxylation is 2. The summed E-state index contributed by atoms with van der Waals surface area (Å²) < 4.78 is 10.5. The first-order valence-corrected chi connectivity index (χ1v) is 8.61. The zero-order valence-corrected chi connectivity index (χ0v) is 15.3. The zero-order valence-electron chi connectivity index (χ0n) is 15.3. The summed E-state index contributed by atoms with van der Waals surface area (Å²) in [6, 6.07) is 1.75. The Bertz CT molecular complexity index is 525. The van der Waals surface area contributed by atoms with E-state index in [-0.39, 0.29) is 11.8 Å². The number of nitrogens with one attached hydrogen (secondary N) is 1. The summed E-state index contributed by atoms with van der Waals surface area (Å²) in [6.07, 6.45) is 3.05. The summed E-state index contributed by atoms with van der Waals surface area (Å²) >= 11 is 0. The summed E-state index contributed by atoms with van der Waals surface area (Å²) in [5.74, 6) is 1.21. The van der Waals surface area contributed by atoms with E-state index in [4.69, 9.17) is 9.15 Å². The molecule has 0 saturated heterocycles. The number of unbranched alkanes of at least 4 members (excludes halogenated alkanes) is 1. The van der Waals surface area contributed by atoms with Crippen LogP contribution in [0, 0.1) is 13.8 Å². The SMILES string of the molecule is CCCCNC(=O)CCN(CCCOC)C(=O)c1cc(C)oc1C. The molecule has 0 unspecified atom stereocenters. The van der Waals surface area contributed by atoms with Gasteiger partial charge >= 0.3 is 0 Å². The topological polar surface area (TPSA) is 71.8 Å². The second kappa shape index (κ2) is 10.9. The van der Waals surface area contributed by atoms with Crippen LogP contribution in [-0.2, 0) is 9.53 Å². The molecule has 0 fully saturated rings. The summed E-state index contributed by atoms with van der Waals surface area (Å²) in [6.45, 7) is 7.90. The lowest BCUT2D eigenvalue weighted by atomic mass is 10.2. The Kier molecular flexibility index (Phi) is 9.15. The average Bonchev–Trinajstić information content (AvgIpc) is 2.89. The molecule has 0 radical (unpaired) electrons. The van der Waals surface area contributed by atoms with Crippen molar-refractivity contribution < 1.29 is 18.7 Å². The normalized spacial score (nSPS) is 10.7. The Morgan fingerprint density at radius 1 is 1.25 bits per heavy atom. The molecule has 24 heavy (non-hydrogen) atoms. The van der Waals surface area contributed by atoms with Gasteiger partial charge in [-0.05, 0) is 32.8 Å². The second-order valence-corrected chi connectivity index (χ2v) is 5.92. The number of ether oxygens (including phenoxy) is 1.